The molecule has 1 aliphatic carbocycles. The average molecular weight is 192 g/mol. The van der Waals surface area contributed by atoms with Gasteiger partial charge in [0.05, 0.1) is 5.69 Å². The van der Waals surface area contributed by atoms with Crippen molar-refractivity contribution in [3.05, 3.63) is 17.2 Å². The summed E-state index contributed by atoms with van der Waals surface area (Å²) in [6.07, 6.45) is 7.34. The van der Waals surface area contributed by atoms with Crippen LogP contribution in [0.5, 0.6) is 0 Å². The molecule has 1 unspecified atom stereocenters. The average Bonchev–Trinajstić information content (AvgIpc) is 2.59. The van der Waals surface area contributed by atoms with Gasteiger partial charge in [-0.2, -0.15) is 0 Å². The molecule has 14 heavy (non-hydrogen) atoms. The van der Waals surface area contributed by atoms with Crippen LogP contribution in [0.3, 0.4) is 0 Å². The number of aryl methyl sites for hydroxylation is 2. The van der Waals surface area contributed by atoms with Gasteiger partial charge in [-0.15, -0.1) is 0 Å². The number of hydrogen-bond donors (Lipinski definition) is 1. The molecule has 0 amide bonds. The summed E-state index contributed by atoms with van der Waals surface area (Å²) in [6, 6.07) is 0. The second-order valence-electron chi connectivity index (χ2n) is 4.38. The second-order valence-corrected chi connectivity index (χ2v) is 4.38. The molecule has 2 nitrogen and oxygen atoms in total. The highest BCUT2D eigenvalue weighted by molar-refractivity contribution is 5.18. The van der Waals surface area contributed by atoms with Crippen LogP contribution < -0.4 is 0 Å². The Hall–Kier alpha value is -0.790. The van der Waals surface area contributed by atoms with Crippen molar-refractivity contribution in [3.8, 4) is 0 Å². The minimum absolute atomic E-state index is 0.887. The van der Waals surface area contributed by atoms with Gasteiger partial charge in [0.2, 0.25) is 0 Å². The summed E-state index contributed by atoms with van der Waals surface area (Å²) >= 11 is 0. The van der Waals surface area contributed by atoms with Crippen molar-refractivity contribution in [2.24, 2.45) is 5.92 Å². The summed E-state index contributed by atoms with van der Waals surface area (Å²) in [4.78, 5) is 8.14. The van der Waals surface area contributed by atoms with Crippen molar-refractivity contribution in [1.29, 1.82) is 0 Å². The van der Waals surface area contributed by atoms with Crippen LogP contribution in [-0.4, -0.2) is 9.97 Å². The lowest BCUT2D eigenvalue weighted by Gasteiger charge is -2.19. The Kier molecular flexibility index (Phi) is 2.90. The van der Waals surface area contributed by atoms with Gasteiger partial charge in [0, 0.05) is 12.1 Å². The van der Waals surface area contributed by atoms with Gasteiger partial charge in [0.15, 0.2) is 0 Å². The first-order valence-corrected chi connectivity index (χ1v) is 5.90. The number of nitrogens with one attached hydrogen (secondary N) is 1. The maximum Gasteiger partial charge on any atom is 0.106 e. The fourth-order valence-electron chi connectivity index (χ4n) is 2.32. The zero-order valence-electron chi connectivity index (χ0n) is 9.27. The molecule has 0 fully saturated rings. The summed E-state index contributed by atoms with van der Waals surface area (Å²) in [5.41, 5.74) is 2.77. The molecular formula is C12H20N2. The number of hydrogen-bond acceptors (Lipinski definition) is 1. The first-order valence-electron chi connectivity index (χ1n) is 5.90. The molecule has 1 aromatic heterocycles. The van der Waals surface area contributed by atoms with E-state index >= 15 is 0 Å². The fourth-order valence-corrected chi connectivity index (χ4v) is 2.32. The van der Waals surface area contributed by atoms with Gasteiger partial charge >= 0.3 is 0 Å². The SMILES string of the molecule is CCCc1nc2c([nH]1)CC(CC)CC2. The highest BCUT2D eigenvalue weighted by Gasteiger charge is 2.20. The first-order chi connectivity index (χ1) is 6.83. The predicted octanol–water partition coefficient (Wildman–Crippen LogP) is 2.88. The monoisotopic (exact) mass is 192 g/mol. The molecule has 0 spiro atoms. The molecule has 0 saturated heterocycles. The molecule has 0 aliphatic heterocycles. The zero-order valence-corrected chi connectivity index (χ0v) is 9.27. The van der Waals surface area contributed by atoms with E-state index < -0.39 is 0 Å². The molecule has 0 radical (unpaired) electrons. The van der Waals surface area contributed by atoms with Gasteiger partial charge in [-0.3, -0.25) is 0 Å². The van der Waals surface area contributed by atoms with E-state index in [1.165, 1.54) is 49.3 Å². The number of fused-ring (bicyclic) bond motifs is 1. The van der Waals surface area contributed by atoms with Crippen LogP contribution in [0, 0.1) is 5.92 Å². The highest BCUT2D eigenvalue weighted by atomic mass is 14.9. The predicted molar refractivity (Wildman–Crippen MR) is 58.4 cm³/mol. The number of aromatic amines is 1. The van der Waals surface area contributed by atoms with Crippen LogP contribution in [-0.2, 0) is 19.3 Å². The Bertz CT molecular complexity index is 301. The van der Waals surface area contributed by atoms with Crippen molar-refractivity contribution in [3.63, 3.8) is 0 Å². The van der Waals surface area contributed by atoms with Crippen LogP contribution in [0.1, 0.15) is 50.3 Å². The quantitative estimate of drug-likeness (QED) is 0.783. The standard InChI is InChI=1S/C12H20N2/c1-3-5-12-13-10-7-6-9(4-2)8-11(10)14-12/h9H,3-8H2,1-2H3,(H,13,14). The topological polar surface area (TPSA) is 28.7 Å². The van der Waals surface area contributed by atoms with Crippen molar-refractivity contribution in [2.45, 2.75) is 52.4 Å². The lowest BCUT2D eigenvalue weighted by Crippen LogP contribution is -2.12. The van der Waals surface area contributed by atoms with Gasteiger partial charge in [-0.1, -0.05) is 20.3 Å². The van der Waals surface area contributed by atoms with E-state index in [1.807, 2.05) is 0 Å². The van der Waals surface area contributed by atoms with Crippen LogP contribution >= 0.6 is 0 Å². The molecule has 1 atom stereocenters. The molecule has 78 valence electrons. The summed E-state index contributed by atoms with van der Waals surface area (Å²) < 4.78 is 0. The van der Waals surface area contributed by atoms with Crippen LogP contribution in [0.15, 0.2) is 0 Å². The largest absolute Gasteiger partial charge is 0.346 e. The molecule has 1 N–H and O–H groups in total. The molecule has 1 heterocycles. The first kappa shape index (κ1) is 9.75. The molecule has 1 aliphatic rings. The molecular weight excluding hydrogens is 172 g/mol. The lowest BCUT2D eigenvalue weighted by atomic mass is 9.88. The van der Waals surface area contributed by atoms with Crippen molar-refractivity contribution >= 4 is 0 Å². The summed E-state index contributed by atoms with van der Waals surface area (Å²) in [5.74, 6) is 2.09. The molecule has 0 aromatic carbocycles. The smallest absolute Gasteiger partial charge is 0.106 e. The Balaban J connectivity index is 2.12. The second kappa shape index (κ2) is 4.16. The van der Waals surface area contributed by atoms with Crippen LogP contribution in [0.2, 0.25) is 0 Å². The summed E-state index contributed by atoms with van der Waals surface area (Å²) in [6.45, 7) is 4.50. The number of imidazole rings is 1. The Morgan fingerprint density at radius 3 is 3.00 bits per heavy atom. The van der Waals surface area contributed by atoms with Gasteiger partial charge in [-0.05, 0) is 31.6 Å². The van der Waals surface area contributed by atoms with E-state index in [0.717, 1.165) is 12.3 Å². The molecule has 2 heteroatoms. The van der Waals surface area contributed by atoms with Crippen molar-refractivity contribution in [2.75, 3.05) is 0 Å². The molecule has 2 rings (SSSR count). The normalized spacial score (nSPS) is 20.9. The summed E-state index contributed by atoms with van der Waals surface area (Å²) in [5, 5.41) is 0. The maximum atomic E-state index is 4.65. The van der Waals surface area contributed by atoms with Crippen molar-refractivity contribution in [1.82, 2.24) is 9.97 Å². The fraction of sp³-hybridized carbons (Fsp3) is 0.750. The van der Waals surface area contributed by atoms with E-state index in [1.54, 1.807) is 0 Å². The van der Waals surface area contributed by atoms with E-state index in [0.29, 0.717) is 0 Å². The number of nitrogens with zero attached hydrogens (tertiary/aromatic N) is 1. The number of aromatic nitrogens is 2. The van der Waals surface area contributed by atoms with Crippen LogP contribution in [0.4, 0.5) is 0 Å². The Morgan fingerprint density at radius 1 is 1.43 bits per heavy atom. The third-order valence-electron chi connectivity index (χ3n) is 3.26. The molecule has 0 saturated carbocycles. The van der Waals surface area contributed by atoms with E-state index in [-0.39, 0.29) is 0 Å². The van der Waals surface area contributed by atoms with Gasteiger partial charge in [-0.25, -0.2) is 4.98 Å². The van der Waals surface area contributed by atoms with Crippen LogP contribution in [0.25, 0.3) is 0 Å². The van der Waals surface area contributed by atoms with Gasteiger partial charge in [0.25, 0.3) is 0 Å². The summed E-state index contributed by atoms with van der Waals surface area (Å²) in [7, 11) is 0. The highest BCUT2D eigenvalue weighted by Crippen LogP contribution is 2.25. The van der Waals surface area contributed by atoms with Gasteiger partial charge < -0.3 is 4.98 Å². The minimum Gasteiger partial charge on any atom is -0.346 e. The number of H-pyrrole nitrogens is 1. The van der Waals surface area contributed by atoms with E-state index in [2.05, 4.69) is 23.8 Å². The minimum atomic E-state index is 0.887. The van der Waals surface area contributed by atoms with Gasteiger partial charge in [0.1, 0.15) is 5.82 Å². The van der Waals surface area contributed by atoms with Crippen molar-refractivity contribution < 1.29 is 0 Å². The Labute approximate surface area is 86.1 Å². The van der Waals surface area contributed by atoms with E-state index in [9.17, 15) is 0 Å². The number of rotatable bonds is 3. The third kappa shape index (κ3) is 1.84. The Morgan fingerprint density at radius 2 is 2.29 bits per heavy atom. The third-order valence-corrected chi connectivity index (χ3v) is 3.26. The molecule has 0 bridgehead atoms. The van der Waals surface area contributed by atoms with E-state index in [4.69, 9.17) is 0 Å². The zero-order chi connectivity index (χ0) is 9.97. The molecule has 1 aromatic rings. The lowest BCUT2D eigenvalue weighted by molar-refractivity contribution is 0.438. The maximum absolute atomic E-state index is 4.65.